The molecule has 0 aliphatic carbocycles. The standard InChI is InChI=1S/C14H17ClN2S/c1-17-9-2-3-13(17)11-16-8-10-18-14-6-4-12(15)5-7-14/h2-7,9,16H,8,10-11H2,1H3. The summed E-state index contributed by atoms with van der Waals surface area (Å²) < 4.78 is 2.14. The van der Waals surface area contributed by atoms with Gasteiger partial charge in [0, 0.05) is 47.7 Å². The van der Waals surface area contributed by atoms with Crippen LogP contribution in [0.5, 0.6) is 0 Å². The van der Waals surface area contributed by atoms with Crippen LogP contribution in [0, 0.1) is 0 Å². The van der Waals surface area contributed by atoms with Crippen molar-refractivity contribution in [3.8, 4) is 0 Å². The van der Waals surface area contributed by atoms with Gasteiger partial charge in [0.25, 0.3) is 0 Å². The molecule has 0 unspecified atom stereocenters. The van der Waals surface area contributed by atoms with Crippen molar-refractivity contribution in [1.82, 2.24) is 9.88 Å². The molecule has 0 saturated heterocycles. The minimum atomic E-state index is 0.793. The predicted molar refractivity (Wildman–Crippen MR) is 79.3 cm³/mol. The van der Waals surface area contributed by atoms with E-state index in [2.05, 4.69) is 47.4 Å². The lowest BCUT2D eigenvalue weighted by atomic mass is 10.4. The van der Waals surface area contributed by atoms with Gasteiger partial charge in [-0.2, -0.15) is 0 Å². The lowest BCUT2D eigenvalue weighted by Gasteiger charge is -2.06. The third-order valence-electron chi connectivity index (χ3n) is 2.72. The molecule has 0 bridgehead atoms. The fraction of sp³-hybridized carbons (Fsp3) is 0.286. The summed E-state index contributed by atoms with van der Waals surface area (Å²) in [5.74, 6) is 1.06. The number of hydrogen-bond acceptors (Lipinski definition) is 2. The molecule has 0 saturated carbocycles. The number of benzene rings is 1. The average Bonchev–Trinajstić information content (AvgIpc) is 2.77. The lowest BCUT2D eigenvalue weighted by molar-refractivity contribution is 0.683. The third-order valence-corrected chi connectivity index (χ3v) is 3.98. The fourth-order valence-corrected chi connectivity index (χ4v) is 2.61. The summed E-state index contributed by atoms with van der Waals surface area (Å²) in [5.41, 5.74) is 1.31. The first-order valence-corrected chi connectivity index (χ1v) is 7.31. The number of rotatable bonds is 6. The molecule has 2 nitrogen and oxygen atoms in total. The molecule has 18 heavy (non-hydrogen) atoms. The van der Waals surface area contributed by atoms with E-state index in [0.29, 0.717) is 0 Å². The van der Waals surface area contributed by atoms with E-state index >= 15 is 0 Å². The van der Waals surface area contributed by atoms with E-state index < -0.39 is 0 Å². The quantitative estimate of drug-likeness (QED) is 0.644. The number of thioether (sulfide) groups is 1. The molecule has 96 valence electrons. The van der Waals surface area contributed by atoms with E-state index in [1.54, 1.807) is 0 Å². The van der Waals surface area contributed by atoms with Crippen molar-refractivity contribution in [2.75, 3.05) is 12.3 Å². The van der Waals surface area contributed by atoms with Gasteiger partial charge in [-0.15, -0.1) is 11.8 Å². The Morgan fingerprint density at radius 1 is 1.22 bits per heavy atom. The van der Waals surface area contributed by atoms with Crippen LogP contribution in [0.4, 0.5) is 0 Å². The van der Waals surface area contributed by atoms with Gasteiger partial charge in [0.15, 0.2) is 0 Å². The van der Waals surface area contributed by atoms with Crippen LogP contribution in [0.2, 0.25) is 5.02 Å². The molecule has 0 atom stereocenters. The SMILES string of the molecule is Cn1cccc1CNCCSc1ccc(Cl)cc1. The third kappa shape index (κ3) is 4.09. The van der Waals surface area contributed by atoms with E-state index in [-0.39, 0.29) is 0 Å². The number of nitrogens with zero attached hydrogens (tertiary/aromatic N) is 1. The van der Waals surface area contributed by atoms with E-state index in [4.69, 9.17) is 11.6 Å². The summed E-state index contributed by atoms with van der Waals surface area (Å²) in [6.07, 6.45) is 2.07. The number of aryl methyl sites for hydroxylation is 1. The molecule has 4 heteroatoms. The first-order valence-electron chi connectivity index (χ1n) is 5.95. The van der Waals surface area contributed by atoms with Crippen molar-refractivity contribution < 1.29 is 0 Å². The van der Waals surface area contributed by atoms with Crippen LogP contribution >= 0.6 is 23.4 Å². The van der Waals surface area contributed by atoms with Crippen LogP contribution in [0.15, 0.2) is 47.5 Å². The van der Waals surface area contributed by atoms with Gasteiger partial charge >= 0.3 is 0 Å². The molecular formula is C14H17ClN2S. The Hall–Kier alpha value is -0.900. The maximum Gasteiger partial charge on any atom is 0.0406 e. The minimum Gasteiger partial charge on any atom is -0.353 e. The highest BCUT2D eigenvalue weighted by Gasteiger charge is 1.97. The van der Waals surface area contributed by atoms with Gasteiger partial charge in [-0.1, -0.05) is 11.6 Å². The molecule has 1 heterocycles. The molecule has 0 aliphatic heterocycles. The van der Waals surface area contributed by atoms with Crippen LogP contribution in [0.25, 0.3) is 0 Å². The average molecular weight is 281 g/mol. The fourth-order valence-electron chi connectivity index (χ4n) is 1.67. The smallest absolute Gasteiger partial charge is 0.0406 e. The summed E-state index contributed by atoms with van der Waals surface area (Å²) in [5, 5.41) is 4.24. The molecule has 0 radical (unpaired) electrons. The van der Waals surface area contributed by atoms with Crippen molar-refractivity contribution in [3.05, 3.63) is 53.3 Å². The van der Waals surface area contributed by atoms with Crippen molar-refractivity contribution in [3.63, 3.8) is 0 Å². The largest absolute Gasteiger partial charge is 0.353 e. The molecule has 0 amide bonds. The molecule has 1 aromatic carbocycles. The Morgan fingerprint density at radius 3 is 2.67 bits per heavy atom. The van der Waals surface area contributed by atoms with Crippen LogP contribution in [-0.2, 0) is 13.6 Å². The van der Waals surface area contributed by atoms with E-state index in [1.807, 2.05) is 23.9 Å². The van der Waals surface area contributed by atoms with Crippen LogP contribution in [0.1, 0.15) is 5.69 Å². The molecule has 1 N–H and O–H groups in total. The minimum absolute atomic E-state index is 0.793. The monoisotopic (exact) mass is 280 g/mol. The zero-order valence-electron chi connectivity index (χ0n) is 10.4. The summed E-state index contributed by atoms with van der Waals surface area (Å²) in [7, 11) is 2.07. The van der Waals surface area contributed by atoms with Gasteiger partial charge in [-0.3, -0.25) is 0 Å². The highest BCUT2D eigenvalue weighted by Crippen LogP contribution is 2.19. The molecule has 2 rings (SSSR count). The molecule has 0 spiro atoms. The van der Waals surface area contributed by atoms with Crippen molar-refractivity contribution in [2.45, 2.75) is 11.4 Å². The van der Waals surface area contributed by atoms with Crippen LogP contribution in [-0.4, -0.2) is 16.9 Å². The second-order valence-corrected chi connectivity index (χ2v) is 5.69. The predicted octanol–water partition coefficient (Wildman–Crippen LogP) is 3.56. The first-order chi connectivity index (χ1) is 8.75. The van der Waals surface area contributed by atoms with E-state index in [9.17, 15) is 0 Å². The summed E-state index contributed by atoms with van der Waals surface area (Å²) in [6.45, 7) is 1.92. The van der Waals surface area contributed by atoms with Crippen LogP contribution < -0.4 is 5.32 Å². The Labute approximate surface area is 117 Å². The van der Waals surface area contributed by atoms with Crippen molar-refractivity contribution in [2.24, 2.45) is 7.05 Å². The zero-order valence-corrected chi connectivity index (χ0v) is 12.0. The maximum absolute atomic E-state index is 5.84. The topological polar surface area (TPSA) is 17.0 Å². The lowest BCUT2D eigenvalue weighted by Crippen LogP contribution is -2.18. The highest BCUT2D eigenvalue weighted by molar-refractivity contribution is 7.99. The molecule has 0 aliphatic rings. The van der Waals surface area contributed by atoms with Gasteiger partial charge in [-0.25, -0.2) is 0 Å². The number of aromatic nitrogens is 1. The van der Waals surface area contributed by atoms with Gasteiger partial charge in [-0.05, 0) is 36.4 Å². The Morgan fingerprint density at radius 2 is 2.00 bits per heavy atom. The molecular weight excluding hydrogens is 264 g/mol. The summed E-state index contributed by atoms with van der Waals surface area (Å²) in [6, 6.07) is 12.2. The van der Waals surface area contributed by atoms with E-state index in [1.165, 1.54) is 10.6 Å². The Balaban J connectivity index is 1.64. The van der Waals surface area contributed by atoms with Crippen LogP contribution in [0.3, 0.4) is 0 Å². The van der Waals surface area contributed by atoms with Gasteiger partial charge < -0.3 is 9.88 Å². The summed E-state index contributed by atoms with van der Waals surface area (Å²) >= 11 is 7.69. The summed E-state index contributed by atoms with van der Waals surface area (Å²) in [4.78, 5) is 1.26. The zero-order chi connectivity index (χ0) is 12.8. The van der Waals surface area contributed by atoms with Crippen molar-refractivity contribution >= 4 is 23.4 Å². The Bertz CT molecular complexity index is 479. The number of halogens is 1. The molecule has 0 fully saturated rings. The number of hydrogen-bond donors (Lipinski definition) is 1. The number of nitrogens with one attached hydrogen (secondary N) is 1. The van der Waals surface area contributed by atoms with Gasteiger partial charge in [0.1, 0.15) is 0 Å². The molecule has 2 aromatic rings. The molecule has 1 aromatic heterocycles. The normalized spacial score (nSPS) is 10.8. The van der Waals surface area contributed by atoms with Gasteiger partial charge in [0.05, 0.1) is 0 Å². The van der Waals surface area contributed by atoms with E-state index in [0.717, 1.165) is 23.9 Å². The highest BCUT2D eigenvalue weighted by atomic mass is 35.5. The van der Waals surface area contributed by atoms with Crippen molar-refractivity contribution in [1.29, 1.82) is 0 Å². The Kier molecular flexibility index (Phi) is 5.17. The maximum atomic E-state index is 5.84. The van der Waals surface area contributed by atoms with Gasteiger partial charge in [0.2, 0.25) is 0 Å². The second-order valence-electron chi connectivity index (χ2n) is 4.09. The first kappa shape index (κ1) is 13.5. The second kappa shape index (κ2) is 6.88.